The van der Waals surface area contributed by atoms with Crippen LogP contribution in [0.15, 0.2) is 30.5 Å². The summed E-state index contributed by atoms with van der Waals surface area (Å²) in [4.78, 5) is 4.38. The molecule has 0 aliphatic carbocycles. The lowest BCUT2D eigenvalue weighted by Crippen LogP contribution is -2.30. The quantitative estimate of drug-likeness (QED) is 0.872. The second-order valence-electron chi connectivity index (χ2n) is 5.37. The van der Waals surface area contributed by atoms with Crippen molar-refractivity contribution < 1.29 is 0 Å². The van der Waals surface area contributed by atoms with E-state index in [4.69, 9.17) is 0 Å². The van der Waals surface area contributed by atoms with E-state index in [1.807, 2.05) is 6.20 Å². The van der Waals surface area contributed by atoms with Gasteiger partial charge in [-0.1, -0.05) is 12.1 Å². The number of nitrogens with one attached hydrogen (secondary N) is 1. The van der Waals surface area contributed by atoms with Gasteiger partial charge >= 0.3 is 0 Å². The predicted molar refractivity (Wildman–Crippen MR) is 75.8 cm³/mol. The highest BCUT2D eigenvalue weighted by Gasteiger charge is 2.13. The molecule has 1 fully saturated rings. The maximum atomic E-state index is 4.38. The van der Waals surface area contributed by atoms with Crippen LogP contribution in [-0.2, 0) is 6.42 Å². The smallest absolute Gasteiger partial charge is 0.0451 e. The SMILES string of the molecule is Cc1nccc2ccc(CC3CCCNC3)cc12. The van der Waals surface area contributed by atoms with Gasteiger partial charge in [0, 0.05) is 17.3 Å². The number of benzene rings is 1. The first-order valence-corrected chi connectivity index (χ1v) is 6.88. The fourth-order valence-corrected chi connectivity index (χ4v) is 2.92. The maximum Gasteiger partial charge on any atom is 0.0451 e. The molecule has 1 aromatic carbocycles. The van der Waals surface area contributed by atoms with E-state index >= 15 is 0 Å². The third-order valence-electron chi connectivity index (χ3n) is 3.95. The van der Waals surface area contributed by atoms with Crippen LogP contribution in [0.25, 0.3) is 10.8 Å². The summed E-state index contributed by atoms with van der Waals surface area (Å²) in [7, 11) is 0. The lowest BCUT2D eigenvalue weighted by atomic mass is 9.91. The molecule has 2 heteroatoms. The normalized spacial score (nSPS) is 20.2. The Bertz CT molecular complexity index is 542. The van der Waals surface area contributed by atoms with Crippen molar-refractivity contribution in [3.05, 3.63) is 41.7 Å². The zero-order valence-corrected chi connectivity index (χ0v) is 10.9. The number of fused-ring (bicyclic) bond motifs is 1. The molecule has 94 valence electrons. The highest BCUT2D eigenvalue weighted by atomic mass is 14.9. The van der Waals surface area contributed by atoms with Crippen LogP contribution in [0, 0.1) is 12.8 Å². The predicted octanol–water partition coefficient (Wildman–Crippen LogP) is 3.09. The zero-order valence-electron chi connectivity index (χ0n) is 10.9. The average Bonchev–Trinajstić information content (AvgIpc) is 2.41. The number of hydrogen-bond donors (Lipinski definition) is 1. The number of pyridine rings is 1. The fraction of sp³-hybridized carbons (Fsp3) is 0.438. The van der Waals surface area contributed by atoms with Crippen molar-refractivity contribution in [2.45, 2.75) is 26.2 Å². The summed E-state index contributed by atoms with van der Waals surface area (Å²) >= 11 is 0. The molecule has 18 heavy (non-hydrogen) atoms. The highest BCUT2D eigenvalue weighted by Crippen LogP contribution is 2.22. The monoisotopic (exact) mass is 240 g/mol. The third kappa shape index (κ3) is 2.39. The summed E-state index contributed by atoms with van der Waals surface area (Å²) in [6, 6.07) is 8.92. The van der Waals surface area contributed by atoms with Crippen molar-refractivity contribution in [2.75, 3.05) is 13.1 Å². The van der Waals surface area contributed by atoms with E-state index in [-0.39, 0.29) is 0 Å². The fourth-order valence-electron chi connectivity index (χ4n) is 2.92. The van der Waals surface area contributed by atoms with Gasteiger partial charge in [-0.15, -0.1) is 0 Å². The minimum Gasteiger partial charge on any atom is -0.316 e. The number of hydrogen-bond acceptors (Lipinski definition) is 2. The highest BCUT2D eigenvalue weighted by molar-refractivity contribution is 5.84. The average molecular weight is 240 g/mol. The largest absolute Gasteiger partial charge is 0.316 e. The molecule has 2 nitrogen and oxygen atoms in total. The van der Waals surface area contributed by atoms with E-state index in [1.165, 1.54) is 48.7 Å². The van der Waals surface area contributed by atoms with E-state index in [2.05, 4.69) is 41.5 Å². The van der Waals surface area contributed by atoms with Crippen LogP contribution in [-0.4, -0.2) is 18.1 Å². The summed E-state index contributed by atoms with van der Waals surface area (Å²) in [5, 5.41) is 6.09. The van der Waals surface area contributed by atoms with Crippen LogP contribution in [0.5, 0.6) is 0 Å². The Morgan fingerprint density at radius 3 is 3.11 bits per heavy atom. The molecular weight excluding hydrogens is 220 g/mol. The van der Waals surface area contributed by atoms with Crippen molar-refractivity contribution in [1.82, 2.24) is 10.3 Å². The van der Waals surface area contributed by atoms with E-state index < -0.39 is 0 Å². The van der Waals surface area contributed by atoms with Gasteiger partial charge in [0.2, 0.25) is 0 Å². The first-order chi connectivity index (χ1) is 8.83. The van der Waals surface area contributed by atoms with E-state index in [1.54, 1.807) is 0 Å². The molecule has 2 aromatic rings. The van der Waals surface area contributed by atoms with Crippen molar-refractivity contribution in [1.29, 1.82) is 0 Å². The molecule has 1 aliphatic rings. The number of aromatic nitrogens is 1. The topological polar surface area (TPSA) is 24.9 Å². The summed E-state index contributed by atoms with van der Waals surface area (Å²) in [6.07, 6.45) is 5.76. The number of piperidine rings is 1. The second kappa shape index (κ2) is 5.07. The van der Waals surface area contributed by atoms with Crippen molar-refractivity contribution in [2.24, 2.45) is 5.92 Å². The van der Waals surface area contributed by atoms with Gasteiger partial charge in [0.25, 0.3) is 0 Å². The van der Waals surface area contributed by atoms with Gasteiger partial charge < -0.3 is 5.32 Å². The molecule has 2 heterocycles. The summed E-state index contributed by atoms with van der Waals surface area (Å²) in [5.41, 5.74) is 2.59. The molecule has 1 unspecified atom stereocenters. The van der Waals surface area contributed by atoms with Crippen LogP contribution in [0.4, 0.5) is 0 Å². The van der Waals surface area contributed by atoms with Gasteiger partial charge in [0.05, 0.1) is 0 Å². The lowest BCUT2D eigenvalue weighted by molar-refractivity contribution is 0.376. The standard InChI is InChI=1S/C16H20N2/c1-12-16-10-13(4-5-15(16)6-8-18-12)9-14-3-2-7-17-11-14/h4-6,8,10,14,17H,2-3,7,9,11H2,1H3. The zero-order chi connectivity index (χ0) is 12.4. The van der Waals surface area contributed by atoms with Crippen LogP contribution in [0.2, 0.25) is 0 Å². The van der Waals surface area contributed by atoms with E-state index in [9.17, 15) is 0 Å². The molecular formula is C16H20N2. The molecule has 0 saturated carbocycles. The van der Waals surface area contributed by atoms with Crippen LogP contribution < -0.4 is 5.32 Å². The van der Waals surface area contributed by atoms with Crippen LogP contribution in [0.3, 0.4) is 0 Å². The van der Waals surface area contributed by atoms with Gasteiger partial charge in [0.1, 0.15) is 0 Å². The molecule has 1 N–H and O–H groups in total. The molecule has 0 amide bonds. The number of nitrogens with zero attached hydrogens (tertiary/aromatic N) is 1. The molecule has 1 atom stereocenters. The minimum atomic E-state index is 0.799. The Morgan fingerprint density at radius 1 is 1.33 bits per heavy atom. The van der Waals surface area contributed by atoms with Crippen molar-refractivity contribution in [3.8, 4) is 0 Å². The Labute approximate surface area is 108 Å². The molecule has 3 rings (SSSR count). The molecule has 1 saturated heterocycles. The molecule has 1 aromatic heterocycles. The van der Waals surface area contributed by atoms with Gasteiger partial charge in [-0.05, 0) is 68.3 Å². The first kappa shape index (κ1) is 11.7. The van der Waals surface area contributed by atoms with Crippen LogP contribution in [0.1, 0.15) is 24.1 Å². The molecule has 0 spiro atoms. The minimum absolute atomic E-state index is 0.799. The van der Waals surface area contributed by atoms with Crippen LogP contribution >= 0.6 is 0 Å². The Balaban J connectivity index is 1.86. The van der Waals surface area contributed by atoms with Gasteiger partial charge in [0.15, 0.2) is 0 Å². The summed E-state index contributed by atoms with van der Waals surface area (Å²) < 4.78 is 0. The second-order valence-corrected chi connectivity index (χ2v) is 5.37. The lowest BCUT2D eigenvalue weighted by Gasteiger charge is -2.22. The Kier molecular flexibility index (Phi) is 3.28. The first-order valence-electron chi connectivity index (χ1n) is 6.88. The van der Waals surface area contributed by atoms with Crippen molar-refractivity contribution in [3.63, 3.8) is 0 Å². The van der Waals surface area contributed by atoms with Gasteiger partial charge in [-0.2, -0.15) is 0 Å². The Morgan fingerprint density at radius 2 is 2.28 bits per heavy atom. The van der Waals surface area contributed by atoms with Crippen molar-refractivity contribution >= 4 is 10.8 Å². The summed E-state index contributed by atoms with van der Waals surface area (Å²) in [6.45, 7) is 4.45. The van der Waals surface area contributed by atoms with E-state index in [0.717, 1.165) is 11.6 Å². The number of rotatable bonds is 2. The maximum absolute atomic E-state index is 4.38. The molecule has 0 radical (unpaired) electrons. The Hall–Kier alpha value is -1.41. The van der Waals surface area contributed by atoms with Gasteiger partial charge in [-0.3, -0.25) is 4.98 Å². The van der Waals surface area contributed by atoms with Gasteiger partial charge in [-0.25, -0.2) is 0 Å². The molecule has 0 bridgehead atoms. The third-order valence-corrected chi connectivity index (χ3v) is 3.95. The van der Waals surface area contributed by atoms with E-state index in [0.29, 0.717) is 0 Å². The summed E-state index contributed by atoms with van der Waals surface area (Å²) in [5.74, 6) is 0.799. The molecule has 1 aliphatic heterocycles. The number of aryl methyl sites for hydroxylation is 1.